The van der Waals surface area contributed by atoms with Crippen LogP contribution in [-0.4, -0.2) is 18.0 Å². The van der Waals surface area contributed by atoms with Gasteiger partial charge >= 0.3 is 0 Å². The standard InChI is InChI=1S/C21H21N3O2/c1-14-5-4-6-15(2)20(14)24-21(25)16-11-18(13-22-12-16)23-17-7-9-19(26-3)10-8-17/h4-13,23H,1-3H3,(H,24,25). The molecule has 26 heavy (non-hydrogen) atoms. The lowest BCUT2D eigenvalue weighted by molar-refractivity contribution is 0.102. The van der Waals surface area contributed by atoms with Crippen molar-refractivity contribution in [3.63, 3.8) is 0 Å². The zero-order chi connectivity index (χ0) is 18.5. The number of carbonyl (C=O) groups excluding carboxylic acids is 1. The van der Waals surface area contributed by atoms with E-state index in [1.807, 2.05) is 56.3 Å². The highest BCUT2D eigenvalue weighted by Crippen LogP contribution is 2.22. The van der Waals surface area contributed by atoms with E-state index < -0.39 is 0 Å². The topological polar surface area (TPSA) is 63.2 Å². The molecular weight excluding hydrogens is 326 g/mol. The molecular formula is C21H21N3O2. The number of aryl methyl sites for hydroxylation is 2. The lowest BCUT2D eigenvalue weighted by Gasteiger charge is -2.12. The first kappa shape index (κ1) is 17.5. The fourth-order valence-electron chi connectivity index (χ4n) is 2.67. The normalized spacial score (nSPS) is 10.3. The van der Waals surface area contributed by atoms with Crippen molar-refractivity contribution in [3.8, 4) is 5.75 Å². The molecule has 3 rings (SSSR count). The molecule has 132 valence electrons. The quantitative estimate of drug-likeness (QED) is 0.702. The second kappa shape index (κ2) is 7.70. The molecule has 2 N–H and O–H groups in total. The zero-order valence-electron chi connectivity index (χ0n) is 15.0. The summed E-state index contributed by atoms with van der Waals surface area (Å²) in [5.41, 5.74) is 5.01. The molecule has 5 heteroatoms. The molecule has 0 aliphatic rings. The molecule has 3 aromatic rings. The van der Waals surface area contributed by atoms with Crippen molar-refractivity contribution >= 4 is 23.0 Å². The lowest BCUT2D eigenvalue weighted by Crippen LogP contribution is -2.14. The number of ether oxygens (including phenoxy) is 1. The number of amides is 1. The summed E-state index contributed by atoms with van der Waals surface area (Å²) in [6.07, 6.45) is 3.24. The fourth-order valence-corrected chi connectivity index (χ4v) is 2.67. The van der Waals surface area contributed by atoms with E-state index in [1.165, 1.54) is 0 Å². The number of benzene rings is 2. The van der Waals surface area contributed by atoms with Crippen LogP contribution < -0.4 is 15.4 Å². The molecule has 0 radical (unpaired) electrons. The SMILES string of the molecule is COc1ccc(Nc2cncc(C(=O)Nc3c(C)cccc3C)c2)cc1. The Labute approximate surface area is 153 Å². The number of methoxy groups -OCH3 is 1. The summed E-state index contributed by atoms with van der Waals surface area (Å²) in [5, 5.41) is 6.22. The number of anilines is 3. The van der Waals surface area contributed by atoms with Crippen molar-refractivity contribution in [2.24, 2.45) is 0 Å². The van der Waals surface area contributed by atoms with E-state index in [2.05, 4.69) is 15.6 Å². The molecule has 0 aliphatic carbocycles. The van der Waals surface area contributed by atoms with Crippen LogP contribution in [-0.2, 0) is 0 Å². The summed E-state index contributed by atoms with van der Waals surface area (Å²) >= 11 is 0. The molecule has 0 saturated heterocycles. The van der Waals surface area contributed by atoms with Gasteiger partial charge in [0, 0.05) is 17.6 Å². The molecule has 2 aromatic carbocycles. The van der Waals surface area contributed by atoms with E-state index in [-0.39, 0.29) is 5.91 Å². The van der Waals surface area contributed by atoms with Gasteiger partial charge < -0.3 is 15.4 Å². The monoisotopic (exact) mass is 347 g/mol. The van der Waals surface area contributed by atoms with Gasteiger partial charge in [-0.3, -0.25) is 9.78 Å². The van der Waals surface area contributed by atoms with Crippen LogP contribution in [0, 0.1) is 13.8 Å². The molecule has 1 amide bonds. The largest absolute Gasteiger partial charge is 0.497 e. The number of aromatic nitrogens is 1. The van der Waals surface area contributed by atoms with Gasteiger partial charge in [0.2, 0.25) is 0 Å². The Hall–Kier alpha value is -3.34. The Morgan fingerprint density at radius 2 is 1.65 bits per heavy atom. The Kier molecular flexibility index (Phi) is 5.17. The van der Waals surface area contributed by atoms with E-state index in [4.69, 9.17) is 4.74 Å². The predicted molar refractivity (Wildman–Crippen MR) is 104 cm³/mol. The summed E-state index contributed by atoms with van der Waals surface area (Å²) in [5.74, 6) is 0.601. The lowest BCUT2D eigenvalue weighted by atomic mass is 10.1. The molecule has 0 spiro atoms. The minimum atomic E-state index is -0.187. The van der Waals surface area contributed by atoms with Gasteiger partial charge in [-0.2, -0.15) is 0 Å². The zero-order valence-corrected chi connectivity index (χ0v) is 15.0. The molecule has 0 saturated carbocycles. The van der Waals surface area contributed by atoms with Crippen molar-refractivity contribution in [1.29, 1.82) is 0 Å². The number of carbonyl (C=O) groups is 1. The van der Waals surface area contributed by atoms with Crippen molar-refractivity contribution in [1.82, 2.24) is 4.98 Å². The summed E-state index contributed by atoms with van der Waals surface area (Å²) in [6, 6.07) is 15.2. The van der Waals surface area contributed by atoms with E-state index in [9.17, 15) is 4.79 Å². The van der Waals surface area contributed by atoms with Gasteiger partial charge in [0.15, 0.2) is 0 Å². The number of nitrogens with zero attached hydrogens (tertiary/aromatic N) is 1. The molecule has 1 heterocycles. The second-order valence-corrected chi connectivity index (χ2v) is 6.04. The molecule has 1 aromatic heterocycles. The molecule has 0 aliphatic heterocycles. The summed E-state index contributed by atoms with van der Waals surface area (Å²) in [4.78, 5) is 16.8. The van der Waals surface area contributed by atoms with Gasteiger partial charge in [-0.1, -0.05) is 18.2 Å². The molecule has 0 unspecified atom stereocenters. The van der Waals surface area contributed by atoms with Gasteiger partial charge in [0.1, 0.15) is 5.75 Å². The third-order valence-electron chi connectivity index (χ3n) is 4.10. The van der Waals surface area contributed by atoms with Crippen LogP contribution >= 0.6 is 0 Å². The average Bonchev–Trinajstić information content (AvgIpc) is 2.65. The Morgan fingerprint density at radius 3 is 2.31 bits per heavy atom. The highest BCUT2D eigenvalue weighted by Gasteiger charge is 2.11. The maximum Gasteiger partial charge on any atom is 0.257 e. The Balaban J connectivity index is 1.76. The van der Waals surface area contributed by atoms with Crippen LogP contribution in [0.3, 0.4) is 0 Å². The van der Waals surface area contributed by atoms with Gasteiger partial charge in [-0.15, -0.1) is 0 Å². The first-order valence-electron chi connectivity index (χ1n) is 8.30. The van der Waals surface area contributed by atoms with Crippen molar-refractivity contribution in [2.75, 3.05) is 17.7 Å². The van der Waals surface area contributed by atoms with Crippen LogP contribution in [0.25, 0.3) is 0 Å². The van der Waals surface area contributed by atoms with Crippen molar-refractivity contribution in [3.05, 3.63) is 77.6 Å². The summed E-state index contributed by atoms with van der Waals surface area (Å²) < 4.78 is 5.15. The van der Waals surface area contributed by atoms with Crippen LogP contribution in [0.15, 0.2) is 60.9 Å². The summed E-state index contributed by atoms with van der Waals surface area (Å²) in [7, 11) is 1.63. The first-order chi connectivity index (χ1) is 12.6. The number of rotatable bonds is 5. The highest BCUT2D eigenvalue weighted by molar-refractivity contribution is 6.05. The smallest absolute Gasteiger partial charge is 0.257 e. The van der Waals surface area contributed by atoms with Crippen molar-refractivity contribution in [2.45, 2.75) is 13.8 Å². The molecule has 0 atom stereocenters. The van der Waals surface area contributed by atoms with Crippen molar-refractivity contribution < 1.29 is 9.53 Å². The minimum Gasteiger partial charge on any atom is -0.497 e. The van der Waals surface area contributed by atoms with Gasteiger partial charge in [0.05, 0.1) is 24.6 Å². The molecule has 5 nitrogen and oxygen atoms in total. The van der Waals surface area contributed by atoms with E-state index in [0.29, 0.717) is 5.56 Å². The van der Waals surface area contributed by atoms with E-state index in [0.717, 1.165) is 33.9 Å². The van der Waals surface area contributed by atoms with Gasteiger partial charge in [-0.05, 0) is 55.3 Å². The highest BCUT2D eigenvalue weighted by atomic mass is 16.5. The average molecular weight is 347 g/mol. The minimum absolute atomic E-state index is 0.187. The van der Waals surface area contributed by atoms with Gasteiger partial charge in [-0.25, -0.2) is 0 Å². The predicted octanol–water partition coefficient (Wildman–Crippen LogP) is 4.70. The number of hydrogen-bond donors (Lipinski definition) is 2. The number of para-hydroxylation sites is 1. The maximum absolute atomic E-state index is 12.6. The third kappa shape index (κ3) is 4.00. The Morgan fingerprint density at radius 1 is 0.962 bits per heavy atom. The second-order valence-electron chi connectivity index (χ2n) is 6.04. The summed E-state index contributed by atoms with van der Waals surface area (Å²) in [6.45, 7) is 3.95. The van der Waals surface area contributed by atoms with Crippen LogP contribution in [0.4, 0.5) is 17.1 Å². The van der Waals surface area contributed by atoms with E-state index >= 15 is 0 Å². The van der Waals surface area contributed by atoms with Gasteiger partial charge in [0.25, 0.3) is 5.91 Å². The fraction of sp³-hybridized carbons (Fsp3) is 0.143. The van der Waals surface area contributed by atoms with Crippen LogP contribution in [0.2, 0.25) is 0 Å². The van der Waals surface area contributed by atoms with Crippen LogP contribution in [0.5, 0.6) is 5.75 Å². The van der Waals surface area contributed by atoms with Crippen LogP contribution in [0.1, 0.15) is 21.5 Å². The molecule has 0 fully saturated rings. The third-order valence-corrected chi connectivity index (χ3v) is 4.10. The first-order valence-corrected chi connectivity index (χ1v) is 8.30. The number of nitrogens with one attached hydrogen (secondary N) is 2. The van der Waals surface area contributed by atoms with E-state index in [1.54, 1.807) is 25.6 Å². The number of hydrogen-bond acceptors (Lipinski definition) is 4. The molecule has 0 bridgehead atoms. The number of pyridine rings is 1. The maximum atomic E-state index is 12.6. The Bertz CT molecular complexity index is 901.